The van der Waals surface area contributed by atoms with Crippen molar-refractivity contribution in [2.75, 3.05) is 11.9 Å². The number of nitrogens with zero attached hydrogens (tertiary/aromatic N) is 1. The minimum absolute atomic E-state index is 0.0577. The first-order valence-corrected chi connectivity index (χ1v) is 12.2. The van der Waals surface area contributed by atoms with Crippen LogP contribution in [0.4, 0.5) is 5.69 Å². The number of benzene rings is 3. The number of anilines is 1. The van der Waals surface area contributed by atoms with Crippen molar-refractivity contribution in [2.24, 2.45) is 0 Å². The maximum absolute atomic E-state index is 12.6. The zero-order valence-corrected chi connectivity index (χ0v) is 22.3. The lowest BCUT2D eigenvalue weighted by molar-refractivity contribution is -0.112. The predicted molar refractivity (Wildman–Crippen MR) is 145 cm³/mol. The highest BCUT2D eigenvalue weighted by Gasteiger charge is 2.15. The molecule has 5 nitrogen and oxygen atoms in total. The summed E-state index contributed by atoms with van der Waals surface area (Å²) in [6, 6.07) is 17.4. The number of hydrogen-bond donors (Lipinski definition) is 1. The van der Waals surface area contributed by atoms with Crippen LogP contribution in [-0.2, 0) is 11.4 Å². The van der Waals surface area contributed by atoms with Crippen LogP contribution in [0.25, 0.3) is 6.08 Å². The molecule has 0 heterocycles. The number of halogens is 4. The highest BCUT2D eigenvalue weighted by atomic mass is 127. The zero-order chi connectivity index (χ0) is 24.7. The van der Waals surface area contributed by atoms with Gasteiger partial charge in [0.05, 0.1) is 20.2 Å². The van der Waals surface area contributed by atoms with Crippen molar-refractivity contribution in [3.05, 3.63) is 89.9 Å². The van der Waals surface area contributed by atoms with Gasteiger partial charge in [-0.25, -0.2) is 0 Å². The smallest absolute Gasteiger partial charge is 0.266 e. The van der Waals surface area contributed by atoms with E-state index in [1.165, 1.54) is 6.08 Å². The lowest BCUT2D eigenvalue weighted by atomic mass is 10.1. The predicted octanol–water partition coefficient (Wildman–Crippen LogP) is 7.77. The lowest BCUT2D eigenvalue weighted by Gasteiger charge is -2.15. The fraction of sp³-hybridized carbons (Fsp3) is 0.120. The fourth-order valence-corrected chi connectivity index (χ4v) is 4.13. The van der Waals surface area contributed by atoms with Crippen LogP contribution in [0.5, 0.6) is 11.5 Å². The molecule has 1 N–H and O–H groups in total. The van der Waals surface area contributed by atoms with E-state index in [-0.39, 0.29) is 12.2 Å². The number of carbonyl (C=O) groups excluding carboxylic acids is 1. The van der Waals surface area contributed by atoms with Crippen LogP contribution in [0, 0.1) is 14.9 Å². The molecule has 0 spiro atoms. The van der Waals surface area contributed by atoms with Crippen LogP contribution < -0.4 is 14.8 Å². The molecule has 0 radical (unpaired) electrons. The van der Waals surface area contributed by atoms with Crippen LogP contribution >= 0.6 is 57.4 Å². The van der Waals surface area contributed by atoms with Gasteiger partial charge in [0.1, 0.15) is 18.2 Å². The Balaban J connectivity index is 1.84. The van der Waals surface area contributed by atoms with E-state index in [0.29, 0.717) is 44.4 Å². The first kappa shape index (κ1) is 26.2. The van der Waals surface area contributed by atoms with Gasteiger partial charge < -0.3 is 14.8 Å². The van der Waals surface area contributed by atoms with Gasteiger partial charge >= 0.3 is 0 Å². The molecule has 0 fully saturated rings. The molecular weight excluding hydrogens is 610 g/mol. The molecule has 34 heavy (non-hydrogen) atoms. The van der Waals surface area contributed by atoms with E-state index in [2.05, 4.69) is 27.9 Å². The van der Waals surface area contributed by atoms with Crippen LogP contribution in [0.1, 0.15) is 18.1 Å². The monoisotopic (exact) mass is 626 g/mol. The standard InChI is InChI=1S/C25H18Cl3IN2O3/c1-2-33-23-12-16(9-17(13-30)25(32)31-19-6-4-18(26)5-7-19)11-22(29)24(23)34-14-15-3-8-20(27)21(28)10-15/h3-12H,2,14H2,1H3,(H,31,32)/b17-9-. The van der Waals surface area contributed by atoms with Crippen molar-refractivity contribution >= 4 is 75.1 Å². The number of ether oxygens (including phenoxy) is 2. The largest absolute Gasteiger partial charge is 0.490 e. The van der Waals surface area contributed by atoms with E-state index in [1.807, 2.05) is 19.1 Å². The molecule has 0 unspecified atom stereocenters. The van der Waals surface area contributed by atoms with Gasteiger partial charge in [-0.1, -0.05) is 40.9 Å². The molecule has 9 heteroatoms. The number of hydrogen-bond acceptors (Lipinski definition) is 4. The van der Waals surface area contributed by atoms with Gasteiger partial charge in [0.15, 0.2) is 11.5 Å². The topological polar surface area (TPSA) is 71.3 Å². The third-order valence-corrected chi connectivity index (χ3v) is 6.27. The summed E-state index contributed by atoms with van der Waals surface area (Å²) >= 11 is 20.1. The zero-order valence-electron chi connectivity index (χ0n) is 17.9. The Hall–Kier alpha value is -2.44. The molecule has 0 atom stereocenters. The minimum Gasteiger partial charge on any atom is -0.490 e. The molecule has 0 aromatic heterocycles. The van der Waals surface area contributed by atoms with Gasteiger partial charge in [-0.2, -0.15) is 5.26 Å². The minimum atomic E-state index is -0.530. The molecule has 3 aromatic carbocycles. The van der Waals surface area contributed by atoms with Crippen LogP contribution in [0.2, 0.25) is 15.1 Å². The summed E-state index contributed by atoms with van der Waals surface area (Å²) in [6.07, 6.45) is 1.50. The number of nitriles is 1. The molecule has 0 bridgehead atoms. The summed E-state index contributed by atoms with van der Waals surface area (Å²) in [5.74, 6) is 0.517. The van der Waals surface area contributed by atoms with Crippen molar-refractivity contribution < 1.29 is 14.3 Å². The van der Waals surface area contributed by atoms with Gasteiger partial charge in [-0.3, -0.25) is 4.79 Å². The Morgan fingerprint density at radius 2 is 1.79 bits per heavy atom. The molecule has 0 aliphatic carbocycles. The van der Waals surface area contributed by atoms with E-state index in [4.69, 9.17) is 44.3 Å². The van der Waals surface area contributed by atoms with Gasteiger partial charge in [-0.05, 0) is 95.2 Å². The second-order valence-corrected chi connectivity index (χ2v) is 9.34. The maximum Gasteiger partial charge on any atom is 0.266 e. The van der Waals surface area contributed by atoms with Crippen molar-refractivity contribution in [1.29, 1.82) is 5.26 Å². The van der Waals surface area contributed by atoms with E-state index in [9.17, 15) is 10.1 Å². The molecule has 0 aliphatic heterocycles. The average molecular weight is 628 g/mol. The summed E-state index contributed by atoms with van der Waals surface area (Å²) in [4.78, 5) is 12.6. The van der Waals surface area contributed by atoms with Crippen molar-refractivity contribution in [2.45, 2.75) is 13.5 Å². The first-order chi connectivity index (χ1) is 16.3. The number of nitrogens with one attached hydrogen (secondary N) is 1. The lowest BCUT2D eigenvalue weighted by Crippen LogP contribution is -2.13. The third kappa shape index (κ3) is 7.03. The highest BCUT2D eigenvalue weighted by molar-refractivity contribution is 14.1. The number of amides is 1. The second-order valence-electron chi connectivity index (χ2n) is 6.93. The Kier molecular flexibility index (Phi) is 9.48. The van der Waals surface area contributed by atoms with Gasteiger partial charge in [-0.15, -0.1) is 0 Å². The first-order valence-electron chi connectivity index (χ1n) is 10.0. The molecule has 0 saturated carbocycles. The Labute approximate surface area is 226 Å². The van der Waals surface area contributed by atoms with Crippen LogP contribution in [0.3, 0.4) is 0 Å². The quantitative estimate of drug-likeness (QED) is 0.157. The third-order valence-electron chi connectivity index (χ3n) is 4.48. The molecule has 3 aromatic rings. The summed E-state index contributed by atoms with van der Waals surface area (Å²) in [7, 11) is 0. The molecule has 174 valence electrons. The molecular formula is C25H18Cl3IN2O3. The van der Waals surface area contributed by atoms with Crippen molar-refractivity contribution in [3.8, 4) is 17.6 Å². The van der Waals surface area contributed by atoms with Gasteiger partial charge in [0.2, 0.25) is 0 Å². The maximum atomic E-state index is 12.6. The van der Waals surface area contributed by atoms with E-state index in [0.717, 1.165) is 9.13 Å². The van der Waals surface area contributed by atoms with E-state index < -0.39 is 5.91 Å². The molecule has 3 rings (SSSR count). The van der Waals surface area contributed by atoms with Crippen LogP contribution in [-0.4, -0.2) is 12.5 Å². The van der Waals surface area contributed by atoms with Gasteiger partial charge in [0.25, 0.3) is 5.91 Å². The van der Waals surface area contributed by atoms with Crippen molar-refractivity contribution in [3.63, 3.8) is 0 Å². The Morgan fingerprint density at radius 1 is 1.06 bits per heavy atom. The van der Waals surface area contributed by atoms with Crippen LogP contribution in [0.15, 0.2) is 60.2 Å². The summed E-state index contributed by atoms with van der Waals surface area (Å²) in [6.45, 7) is 2.53. The Morgan fingerprint density at radius 3 is 2.44 bits per heavy atom. The second kappa shape index (κ2) is 12.3. The molecule has 1 amide bonds. The highest BCUT2D eigenvalue weighted by Crippen LogP contribution is 2.36. The normalized spacial score (nSPS) is 11.0. The van der Waals surface area contributed by atoms with E-state index >= 15 is 0 Å². The number of rotatable bonds is 8. The van der Waals surface area contributed by atoms with E-state index in [1.54, 1.807) is 48.5 Å². The molecule has 0 saturated heterocycles. The SMILES string of the molecule is CCOc1cc(/C=C(/C#N)C(=O)Nc2ccc(Cl)cc2)cc(I)c1OCc1ccc(Cl)c(Cl)c1. The van der Waals surface area contributed by atoms with Gasteiger partial charge in [0, 0.05) is 10.7 Å². The summed E-state index contributed by atoms with van der Waals surface area (Å²) in [5.41, 5.74) is 1.95. The molecule has 0 aliphatic rings. The number of carbonyl (C=O) groups is 1. The summed E-state index contributed by atoms with van der Waals surface area (Å²) in [5, 5.41) is 13.7. The Bertz CT molecular complexity index is 1270. The van der Waals surface area contributed by atoms with Crippen molar-refractivity contribution in [1.82, 2.24) is 0 Å². The fourth-order valence-electron chi connectivity index (χ4n) is 2.91. The summed E-state index contributed by atoms with van der Waals surface area (Å²) < 4.78 is 12.5. The average Bonchev–Trinajstić information content (AvgIpc) is 2.80.